The molecule has 3 nitrogen and oxygen atoms in total. The first-order chi connectivity index (χ1) is 9.24. The highest BCUT2D eigenvalue weighted by molar-refractivity contribution is 7.98. The SMILES string of the molecule is CSCCCCNC(=O)C(N)CCc1ccccc1. The number of nitrogens with two attached hydrogens (primary N) is 1. The van der Waals surface area contributed by atoms with Gasteiger partial charge in [-0.05, 0) is 43.3 Å². The molecular weight excluding hydrogens is 256 g/mol. The Balaban J connectivity index is 2.14. The molecule has 19 heavy (non-hydrogen) atoms. The molecule has 0 aliphatic rings. The van der Waals surface area contributed by atoms with Crippen LogP contribution < -0.4 is 11.1 Å². The standard InChI is InChI=1S/C15H24N2OS/c1-19-12-6-5-11-17-15(18)14(16)10-9-13-7-3-2-4-8-13/h2-4,7-8,14H,5-6,9-12,16H2,1H3,(H,17,18). The van der Waals surface area contributed by atoms with Gasteiger partial charge in [-0.25, -0.2) is 0 Å². The lowest BCUT2D eigenvalue weighted by Gasteiger charge is -2.12. The van der Waals surface area contributed by atoms with Crippen molar-refractivity contribution in [3.63, 3.8) is 0 Å². The average molecular weight is 280 g/mol. The van der Waals surface area contributed by atoms with E-state index in [1.54, 1.807) is 0 Å². The van der Waals surface area contributed by atoms with Gasteiger partial charge in [0.15, 0.2) is 0 Å². The highest BCUT2D eigenvalue weighted by Gasteiger charge is 2.12. The van der Waals surface area contributed by atoms with Crippen LogP contribution >= 0.6 is 11.8 Å². The second kappa shape index (κ2) is 9.87. The van der Waals surface area contributed by atoms with Crippen LogP contribution in [0.4, 0.5) is 0 Å². The molecule has 0 bridgehead atoms. The fourth-order valence-corrected chi connectivity index (χ4v) is 2.30. The molecule has 0 aromatic heterocycles. The second-order valence-electron chi connectivity index (χ2n) is 4.62. The molecule has 1 unspecified atom stereocenters. The van der Waals surface area contributed by atoms with E-state index in [2.05, 4.69) is 23.7 Å². The summed E-state index contributed by atoms with van der Waals surface area (Å²) in [5.74, 6) is 1.12. The van der Waals surface area contributed by atoms with Crippen LogP contribution in [0.2, 0.25) is 0 Å². The van der Waals surface area contributed by atoms with E-state index in [1.165, 1.54) is 5.56 Å². The number of nitrogens with one attached hydrogen (secondary N) is 1. The summed E-state index contributed by atoms with van der Waals surface area (Å²) >= 11 is 1.84. The van der Waals surface area contributed by atoms with Crippen LogP contribution in [0.25, 0.3) is 0 Å². The van der Waals surface area contributed by atoms with Gasteiger partial charge >= 0.3 is 0 Å². The van der Waals surface area contributed by atoms with E-state index in [4.69, 9.17) is 5.73 Å². The normalized spacial score (nSPS) is 12.1. The van der Waals surface area contributed by atoms with Crippen molar-refractivity contribution in [2.45, 2.75) is 31.7 Å². The van der Waals surface area contributed by atoms with E-state index in [0.717, 1.165) is 31.6 Å². The first-order valence-electron chi connectivity index (χ1n) is 6.80. The molecule has 0 saturated heterocycles. The zero-order chi connectivity index (χ0) is 13.9. The molecule has 4 heteroatoms. The Labute approximate surface area is 120 Å². The van der Waals surface area contributed by atoms with Gasteiger partial charge in [-0.2, -0.15) is 11.8 Å². The number of hydrogen-bond donors (Lipinski definition) is 2. The summed E-state index contributed by atoms with van der Waals surface area (Å²) in [7, 11) is 0. The van der Waals surface area contributed by atoms with Crippen molar-refractivity contribution < 1.29 is 4.79 Å². The molecule has 1 aromatic carbocycles. The Bertz CT molecular complexity index is 356. The van der Waals surface area contributed by atoms with Gasteiger partial charge in [-0.1, -0.05) is 30.3 Å². The van der Waals surface area contributed by atoms with Crippen molar-refractivity contribution in [1.82, 2.24) is 5.32 Å². The molecule has 0 fully saturated rings. The monoisotopic (exact) mass is 280 g/mol. The molecule has 0 aliphatic heterocycles. The fourth-order valence-electron chi connectivity index (χ4n) is 1.81. The molecule has 1 atom stereocenters. The van der Waals surface area contributed by atoms with Crippen molar-refractivity contribution in [3.05, 3.63) is 35.9 Å². The smallest absolute Gasteiger partial charge is 0.236 e. The number of benzene rings is 1. The van der Waals surface area contributed by atoms with Gasteiger partial charge < -0.3 is 11.1 Å². The number of aryl methyl sites for hydroxylation is 1. The third-order valence-corrected chi connectivity index (χ3v) is 3.70. The maximum absolute atomic E-state index is 11.8. The van der Waals surface area contributed by atoms with Crippen molar-refractivity contribution in [1.29, 1.82) is 0 Å². The van der Waals surface area contributed by atoms with E-state index in [0.29, 0.717) is 6.42 Å². The third-order valence-electron chi connectivity index (χ3n) is 3.00. The zero-order valence-electron chi connectivity index (χ0n) is 11.6. The molecule has 0 aliphatic carbocycles. The average Bonchev–Trinajstić information content (AvgIpc) is 2.45. The quantitative estimate of drug-likeness (QED) is 0.682. The molecule has 0 saturated carbocycles. The predicted octanol–water partition coefficient (Wildman–Crippen LogP) is 2.21. The lowest BCUT2D eigenvalue weighted by molar-refractivity contribution is -0.122. The fraction of sp³-hybridized carbons (Fsp3) is 0.533. The summed E-state index contributed by atoms with van der Waals surface area (Å²) in [5.41, 5.74) is 7.12. The molecule has 1 aromatic rings. The van der Waals surface area contributed by atoms with Gasteiger partial charge in [0.1, 0.15) is 0 Å². The van der Waals surface area contributed by atoms with Gasteiger partial charge in [0.05, 0.1) is 6.04 Å². The van der Waals surface area contributed by atoms with Crippen molar-refractivity contribution in [2.75, 3.05) is 18.6 Å². The number of unbranched alkanes of at least 4 members (excludes halogenated alkanes) is 1. The van der Waals surface area contributed by atoms with E-state index >= 15 is 0 Å². The van der Waals surface area contributed by atoms with Crippen LogP contribution in [0, 0.1) is 0 Å². The largest absolute Gasteiger partial charge is 0.355 e. The number of rotatable bonds is 9. The number of carbonyl (C=O) groups excluding carboxylic acids is 1. The zero-order valence-corrected chi connectivity index (χ0v) is 12.4. The predicted molar refractivity (Wildman–Crippen MR) is 83.4 cm³/mol. The van der Waals surface area contributed by atoms with E-state index < -0.39 is 6.04 Å². The van der Waals surface area contributed by atoms with Crippen LogP contribution in [0.15, 0.2) is 30.3 Å². The summed E-state index contributed by atoms with van der Waals surface area (Å²) in [5, 5.41) is 2.90. The molecule has 1 amide bonds. The molecule has 1 rings (SSSR count). The first-order valence-corrected chi connectivity index (χ1v) is 8.19. The maximum atomic E-state index is 11.8. The maximum Gasteiger partial charge on any atom is 0.236 e. The first kappa shape index (κ1) is 16.1. The van der Waals surface area contributed by atoms with Crippen LogP contribution in [0.3, 0.4) is 0 Å². The van der Waals surface area contributed by atoms with Crippen molar-refractivity contribution in [2.24, 2.45) is 5.73 Å². The van der Waals surface area contributed by atoms with Crippen LogP contribution in [0.5, 0.6) is 0 Å². The van der Waals surface area contributed by atoms with Gasteiger partial charge in [-0.15, -0.1) is 0 Å². The van der Waals surface area contributed by atoms with E-state index in [-0.39, 0.29) is 5.91 Å². The number of carbonyl (C=O) groups is 1. The van der Waals surface area contributed by atoms with E-state index in [1.807, 2.05) is 30.0 Å². The molecule has 106 valence electrons. The Morgan fingerprint density at radius 2 is 2.05 bits per heavy atom. The van der Waals surface area contributed by atoms with Gasteiger partial charge in [0, 0.05) is 6.54 Å². The number of hydrogen-bond acceptors (Lipinski definition) is 3. The van der Waals surface area contributed by atoms with Crippen LogP contribution in [0.1, 0.15) is 24.8 Å². The minimum absolute atomic E-state index is 0.0277. The van der Waals surface area contributed by atoms with Crippen molar-refractivity contribution in [3.8, 4) is 0 Å². The van der Waals surface area contributed by atoms with Gasteiger partial charge in [-0.3, -0.25) is 4.79 Å². The molecular formula is C15H24N2OS. The topological polar surface area (TPSA) is 55.1 Å². The van der Waals surface area contributed by atoms with Crippen LogP contribution in [-0.4, -0.2) is 30.5 Å². The number of amides is 1. The second-order valence-corrected chi connectivity index (χ2v) is 5.61. The molecule has 0 spiro atoms. The van der Waals surface area contributed by atoms with Gasteiger partial charge in [0.2, 0.25) is 5.91 Å². The summed E-state index contributed by atoms with van der Waals surface area (Å²) in [6.45, 7) is 0.735. The third kappa shape index (κ3) is 7.23. The van der Waals surface area contributed by atoms with Crippen molar-refractivity contribution >= 4 is 17.7 Å². The highest BCUT2D eigenvalue weighted by Crippen LogP contribution is 2.04. The minimum Gasteiger partial charge on any atom is -0.355 e. The van der Waals surface area contributed by atoms with Crippen LogP contribution in [-0.2, 0) is 11.2 Å². The molecule has 3 N–H and O–H groups in total. The minimum atomic E-state index is -0.402. The summed E-state index contributed by atoms with van der Waals surface area (Å²) in [6, 6.07) is 9.73. The highest BCUT2D eigenvalue weighted by atomic mass is 32.2. The Hall–Kier alpha value is -1.00. The Morgan fingerprint density at radius 3 is 2.74 bits per heavy atom. The van der Waals surface area contributed by atoms with Gasteiger partial charge in [0.25, 0.3) is 0 Å². The lowest BCUT2D eigenvalue weighted by Crippen LogP contribution is -2.41. The summed E-state index contributed by atoms with van der Waals surface area (Å²) in [4.78, 5) is 11.8. The number of thioether (sulfide) groups is 1. The lowest BCUT2D eigenvalue weighted by atomic mass is 10.1. The summed E-state index contributed by atoms with van der Waals surface area (Å²) in [6.07, 6.45) is 5.80. The van der Waals surface area contributed by atoms with E-state index in [9.17, 15) is 4.79 Å². The molecule has 0 heterocycles. The molecule has 0 radical (unpaired) electrons. The Morgan fingerprint density at radius 1 is 1.32 bits per heavy atom. The Kier molecular flexibility index (Phi) is 8.34. The summed E-state index contributed by atoms with van der Waals surface area (Å²) < 4.78 is 0.